The lowest BCUT2D eigenvalue weighted by molar-refractivity contribution is -0.119. The second-order valence-electron chi connectivity index (χ2n) is 7.07. The van der Waals surface area contributed by atoms with E-state index in [2.05, 4.69) is 11.1 Å². The van der Waals surface area contributed by atoms with Crippen LogP contribution in [0.4, 0.5) is 24.7 Å². The molecule has 2 atom stereocenters. The fourth-order valence-electron chi connectivity index (χ4n) is 3.71. The van der Waals surface area contributed by atoms with Crippen LogP contribution in [0.2, 0.25) is 0 Å². The van der Waals surface area contributed by atoms with Gasteiger partial charge in [0, 0.05) is 30.4 Å². The summed E-state index contributed by atoms with van der Waals surface area (Å²) in [5.74, 6) is -2.27. The zero-order chi connectivity index (χ0) is 21.3. The minimum absolute atomic E-state index is 0.0709. The number of pyridine rings is 1. The maximum Gasteiger partial charge on any atom is 0.249 e. The molecular weight excluding hydrogens is 381 g/mol. The second-order valence-corrected chi connectivity index (χ2v) is 7.07. The number of anilines is 2. The molecule has 2 heterocycles. The monoisotopic (exact) mass is 402 g/mol. The van der Waals surface area contributed by atoms with Crippen LogP contribution in [-0.4, -0.2) is 36.2 Å². The van der Waals surface area contributed by atoms with Crippen molar-refractivity contribution in [2.45, 2.75) is 39.4 Å². The van der Waals surface area contributed by atoms with E-state index in [1.165, 1.54) is 15.9 Å². The van der Waals surface area contributed by atoms with Gasteiger partial charge < -0.3 is 9.80 Å². The van der Waals surface area contributed by atoms with Crippen molar-refractivity contribution in [2.24, 2.45) is 0 Å². The summed E-state index contributed by atoms with van der Waals surface area (Å²) < 4.78 is 41.3. The minimum Gasteiger partial charge on any atom is -0.340 e. The molecule has 152 valence electrons. The molecule has 5 nitrogen and oxygen atoms in total. The first-order valence-electron chi connectivity index (χ1n) is 9.32. The Hall–Kier alpha value is -3.08. The number of nitrogens with zero attached hydrogens (tertiary/aromatic N) is 4. The van der Waals surface area contributed by atoms with Crippen molar-refractivity contribution in [1.29, 1.82) is 5.26 Å². The Labute approximate surface area is 167 Å². The Morgan fingerprint density at radius 1 is 1.31 bits per heavy atom. The topological polar surface area (TPSA) is 60.2 Å². The normalized spacial score (nSPS) is 18.6. The van der Waals surface area contributed by atoms with Crippen LogP contribution in [0.3, 0.4) is 0 Å². The number of rotatable bonds is 4. The first-order chi connectivity index (χ1) is 13.8. The molecule has 0 bridgehead atoms. The van der Waals surface area contributed by atoms with Crippen molar-refractivity contribution in [1.82, 2.24) is 4.98 Å². The number of alkyl halides is 1. The van der Waals surface area contributed by atoms with E-state index < -0.39 is 29.8 Å². The third kappa shape index (κ3) is 3.90. The molecule has 0 radical (unpaired) electrons. The number of hydrogen-bond donors (Lipinski definition) is 0. The average molecular weight is 402 g/mol. The Bertz CT molecular complexity index is 989. The molecule has 0 aliphatic carbocycles. The summed E-state index contributed by atoms with van der Waals surface area (Å²) in [6, 6.07) is 6.13. The van der Waals surface area contributed by atoms with Crippen LogP contribution in [0, 0.1) is 36.8 Å². The molecule has 8 heteroatoms. The van der Waals surface area contributed by atoms with Crippen LogP contribution in [0.5, 0.6) is 0 Å². The predicted molar refractivity (Wildman–Crippen MR) is 103 cm³/mol. The standard InChI is InChI=1S/C21H21F3N4O/c1-4-27(15-5-6-17(23)18(24)9-15)21(29)19-8-14(22)11-28(19)20-16(10-25)12(2)7-13(3)26-20/h5-7,9,14,19H,4,8,11H2,1-3H3. The van der Waals surface area contributed by atoms with Gasteiger partial charge in [0.05, 0.1) is 12.1 Å². The number of halogens is 3. The number of nitriles is 1. The van der Waals surface area contributed by atoms with Crippen LogP contribution < -0.4 is 9.80 Å². The second kappa shape index (κ2) is 8.11. The summed E-state index contributed by atoms with van der Waals surface area (Å²) in [5, 5.41) is 9.55. The van der Waals surface area contributed by atoms with Gasteiger partial charge in [-0.1, -0.05) is 0 Å². The molecule has 1 aromatic carbocycles. The van der Waals surface area contributed by atoms with Crippen molar-refractivity contribution < 1.29 is 18.0 Å². The molecule has 1 aliphatic rings. The SMILES string of the molecule is CCN(C(=O)C1CC(F)CN1c1nc(C)cc(C)c1C#N)c1ccc(F)c(F)c1. The average Bonchev–Trinajstić information content (AvgIpc) is 3.06. The molecule has 1 amide bonds. The highest BCUT2D eigenvalue weighted by Gasteiger charge is 2.41. The quantitative estimate of drug-likeness (QED) is 0.780. The molecular formula is C21H21F3N4O. The number of carbonyl (C=O) groups is 1. The molecule has 1 aliphatic heterocycles. The van der Waals surface area contributed by atoms with E-state index in [9.17, 15) is 23.2 Å². The zero-order valence-electron chi connectivity index (χ0n) is 16.4. The van der Waals surface area contributed by atoms with Gasteiger partial charge in [0.15, 0.2) is 11.6 Å². The fourth-order valence-corrected chi connectivity index (χ4v) is 3.71. The van der Waals surface area contributed by atoms with Gasteiger partial charge in [-0.3, -0.25) is 4.79 Å². The molecule has 0 spiro atoms. The Morgan fingerprint density at radius 2 is 2.03 bits per heavy atom. The molecule has 1 aromatic heterocycles. The highest BCUT2D eigenvalue weighted by Crippen LogP contribution is 2.32. The van der Waals surface area contributed by atoms with Crippen molar-refractivity contribution >= 4 is 17.4 Å². The zero-order valence-corrected chi connectivity index (χ0v) is 16.4. The molecule has 0 N–H and O–H groups in total. The summed E-state index contributed by atoms with van der Waals surface area (Å²) in [4.78, 5) is 20.4. The Morgan fingerprint density at radius 3 is 2.66 bits per heavy atom. The van der Waals surface area contributed by atoms with E-state index >= 15 is 0 Å². The van der Waals surface area contributed by atoms with E-state index in [4.69, 9.17) is 0 Å². The van der Waals surface area contributed by atoms with Crippen LogP contribution >= 0.6 is 0 Å². The largest absolute Gasteiger partial charge is 0.340 e. The van der Waals surface area contributed by atoms with E-state index in [-0.39, 0.29) is 31.0 Å². The molecule has 1 saturated heterocycles. The molecule has 3 rings (SSSR count). The van der Waals surface area contributed by atoms with Gasteiger partial charge in [-0.05, 0) is 44.5 Å². The van der Waals surface area contributed by atoms with Crippen molar-refractivity contribution in [3.63, 3.8) is 0 Å². The lowest BCUT2D eigenvalue weighted by Gasteiger charge is -2.31. The summed E-state index contributed by atoms with van der Waals surface area (Å²) in [6.45, 7) is 5.33. The van der Waals surface area contributed by atoms with Crippen LogP contribution in [0.1, 0.15) is 30.2 Å². The summed E-state index contributed by atoms with van der Waals surface area (Å²) in [7, 11) is 0. The highest BCUT2D eigenvalue weighted by molar-refractivity contribution is 5.99. The maximum absolute atomic E-state index is 14.4. The summed E-state index contributed by atoms with van der Waals surface area (Å²) >= 11 is 0. The van der Waals surface area contributed by atoms with Crippen LogP contribution in [-0.2, 0) is 4.79 Å². The Balaban J connectivity index is 2.01. The number of aromatic nitrogens is 1. The van der Waals surface area contributed by atoms with Crippen LogP contribution in [0.25, 0.3) is 0 Å². The van der Waals surface area contributed by atoms with Crippen molar-refractivity contribution in [2.75, 3.05) is 22.9 Å². The summed E-state index contributed by atoms with van der Waals surface area (Å²) in [5.41, 5.74) is 1.82. The van der Waals surface area contributed by atoms with E-state index in [0.29, 0.717) is 16.8 Å². The number of hydrogen-bond acceptors (Lipinski definition) is 4. The first kappa shape index (κ1) is 20.6. The first-order valence-corrected chi connectivity index (χ1v) is 9.32. The van der Waals surface area contributed by atoms with Crippen molar-refractivity contribution in [3.05, 3.63) is 52.7 Å². The highest BCUT2D eigenvalue weighted by atomic mass is 19.2. The number of likely N-dealkylation sites (N-methyl/N-ethyl adjacent to an activating group) is 1. The van der Waals surface area contributed by atoms with Gasteiger partial charge in [0.1, 0.15) is 24.1 Å². The summed E-state index contributed by atoms with van der Waals surface area (Å²) in [6.07, 6.45) is -1.35. The molecule has 29 heavy (non-hydrogen) atoms. The fraction of sp³-hybridized carbons (Fsp3) is 0.381. The van der Waals surface area contributed by atoms with E-state index in [1.807, 2.05) is 0 Å². The van der Waals surface area contributed by atoms with Gasteiger partial charge in [0.25, 0.3) is 0 Å². The lowest BCUT2D eigenvalue weighted by Crippen LogP contribution is -2.46. The molecule has 2 unspecified atom stereocenters. The van der Waals surface area contributed by atoms with E-state index in [1.54, 1.807) is 26.8 Å². The smallest absolute Gasteiger partial charge is 0.249 e. The lowest BCUT2D eigenvalue weighted by atomic mass is 10.1. The van der Waals surface area contributed by atoms with Gasteiger partial charge in [-0.2, -0.15) is 5.26 Å². The number of amides is 1. The number of aryl methyl sites for hydroxylation is 2. The third-order valence-corrected chi connectivity index (χ3v) is 5.04. The third-order valence-electron chi connectivity index (χ3n) is 5.04. The van der Waals surface area contributed by atoms with Gasteiger partial charge in [-0.15, -0.1) is 0 Å². The minimum atomic E-state index is -1.28. The van der Waals surface area contributed by atoms with E-state index in [0.717, 1.165) is 12.1 Å². The molecule has 1 fully saturated rings. The van der Waals surface area contributed by atoms with Crippen molar-refractivity contribution in [3.8, 4) is 6.07 Å². The molecule has 0 saturated carbocycles. The number of carbonyl (C=O) groups excluding carboxylic acids is 1. The maximum atomic E-state index is 14.4. The van der Waals surface area contributed by atoms with Crippen LogP contribution in [0.15, 0.2) is 24.3 Å². The van der Waals surface area contributed by atoms with Gasteiger partial charge >= 0.3 is 0 Å². The van der Waals surface area contributed by atoms with Gasteiger partial charge in [0.2, 0.25) is 5.91 Å². The number of benzene rings is 1. The molecule has 2 aromatic rings. The Kier molecular flexibility index (Phi) is 5.78. The predicted octanol–water partition coefficient (Wildman–Crippen LogP) is 3.82. The van der Waals surface area contributed by atoms with Gasteiger partial charge in [-0.25, -0.2) is 18.2 Å².